The van der Waals surface area contributed by atoms with Crippen molar-refractivity contribution in [2.45, 2.75) is 149 Å². The third-order valence-electron chi connectivity index (χ3n) is 18.4. The quantitative estimate of drug-likeness (QED) is 0.178. The third-order valence-corrected chi connectivity index (χ3v) is 18.4. The van der Waals surface area contributed by atoms with Crippen LogP contribution in [0.3, 0.4) is 0 Å². The second-order valence-electron chi connectivity index (χ2n) is 27.8. The van der Waals surface area contributed by atoms with Gasteiger partial charge < -0.3 is 19.4 Å². The van der Waals surface area contributed by atoms with Crippen LogP contribution >= 0.6 is 0 Å². The molecule has 13 rings (SSSR count). The van der Waals surface area contributed by atoms with Crippen LogP contribution in [0.5, 0.6) is 0 Å². The molecular formula is C71H74BN3O. The normalized spacial score (nSPS) is 16.6. The maximum atomic E-state index is 7.48. The van der Waals surface area contributed by atoms with E-state index in [4.69, 9.17) is 4.42 Å². The van der Waals surface area contributed by atoms with Gasteiger partial charge in [-0.3, -0.25) is 0 Å². The van der Waals surface area contributed by atoms with Gasteiger partial charge in [-0.25, -0.2) is 0 Å². The van der Waals surface area contributed by atoms with Gasteiger partial charge in [-0.05, 0) is 180 Å². The van der Waals surface area contributed by atoms with E-state index in [1.165, 1.54) is 88.6 Å². The van der Waals surface area contributed by atoms with Gasteiger partial charge >= 0.3 is 6.85 Å². The zero-order valence-corrected chi connectivity index (χ0v) is 47.7. The lowest BCUT2D eigenvalue weighted by Gasteiger charge is -2.44. The molecule has 1 aromatic heterocycles. The van der Waals surface area contributed by atoms with Gasteiger partial charge in [-0.2, -0.15) is 0 Å². The van der Waals surface area contributed by atoms with Crippen molar-refractivity contribution in [1.29, 1.82) is 0 Å². The summed E-state index contributed by atoms with van der Waals surface area (Å²) in [6, 6.07) is 56.5. The topological polar surface area (TPSA) is 31.6 Å². The Morgan fingerprint density at radius 3 is 1.64 bits per heavy atom. The molecule has 8 aromatic carbocycles. The van der Waals surface area contributed by atoms with Crippen molar-refractivity contribution in [2.75, 3.05) is 15.0 Å². The van der Waals surface area contributed by atoms with Crippen molar-refractivity contribution in [3.8, 4) is 22.3 Å². The van der Waals surface area contributed by atoms with Gasteiger partial charge in [0.2, 0.25) is 0 Å². The van der Waals surface area contributed by atoms with Gasteiger partial charge in [0.1, 0.15) is 11.2 Å². The summed E-state index contributed by atoms with van der Waals surface area (Å²) < 4.78 is 7.48. The second kappa shape index (κ2) is 16.0. The maximum Gasteiger partial charge on any atom is 0.336 e. The molecule has 76 heavy (non-hydrogen) atoms. The number of fused-ring (bicyclic) bond motifs is 13. The molecular weight excluding hydrogens is 922 g/mol. The molecule has 0 atom stereocenters. The molecule has 4 aliphatic rings. The van der Waals surface area contributed by atoms with Crippen molar-refractivity contribution in [3.63, 3.8) is 0 Å². The SMILES string of the molecule is CC(C)(C)c1ccc(N2B3c4c(cc5c(c4Nc4ccc6c(oc7cc8c(cc76)C(C)(C)CCC8(C)C)c43)C(C)(C)c3ccccc3-5)-c3ccc(N(c4ccc(C(C)(C)C)cc4)c4ccc(C(C)(C)C)cc4)cc32)cc1. The molecule has 0 radical (unpaired) electrons. The smallest absolute Gasteiger partial charge is 0.336 e. The number of hydrogen-bond acceptors (Lipinski definition) is 4. The number of anilines is 7. The molecule has 0 unspecified atom stereocenters. The minimum absolute atomic E-state index is 0.0118. The number of furan rings is 1. The molecule has 1 N–H and O–H groups in total. The monoisotopic (exact) mass is 996 g/mol. The number of benzene rings is 8. The fourth-order valence-electron chi connectivity index (χ4n) is 13.7. The summed E-state index contributed by atoms with van der Waals surface area (Å²) in [6.07, 6.45) is 2.31. The van der Waals surface area contributed by atoms with Gasteiger partial charge in [-0.15, -0.1) is 0 Å². The molecule has 0 saturated heterocycles. The van der Waals surface area contributed by atoms with Crippen LogP contribution in [0.25, 0.3) is 44.2 Å². The van der Waals surface area contributed by atoms with Crippen molar-refractivity contribution in [1.82, 2.24) is 0 Å². The average Bonchev–Trinajstić information content (AvgIpc) is 4.07. The summed E-state index contributed by atoms with van der Waals surface area (Å²) in [6.45, 7) is 35.0. The molecule has 2 aliphatic heterocycles. The van der Waals surface area contributed by atoms with Crippen LogP contribution in [-0.2, 0) is 32.5 Å². The van der Waals surface area contributed by atoms with E-state index in [-0.39, 0.29) is 39.3 Å². The highest BCUT2D eigenvalue weighted by molar-refractivity contribution is 6.95. The van der Waals surface area contributed by atoms with E-state index in [9.17, 15) is 0 Å². The highest BCUT2D eigenvalue weighted by Gasteiger charge is 2.49. The first-order valence-corrected chi connectivity index (χ1v) is 28.0. The van der Waals surface area contributed by atoms with E-state index in [0.717, 1.165) is 58.1 Å². The van der Waals surface area contributed by atoms with Crippen LogP contribution in [0.4, 0.5) is 39.8 Å². The fraction of sp³-hybridized carbons (Fsp3) is 0.324. The van der Waals surface area contributed by atoms with Gasteiger partial charge in [0, 0.05) is 67.0 Å². The van der Waals surface area contributed by atoms with E-state index in [1.54, 1.807) is 0 Å². The van der Waals surface area contributed by atoms with Gasteiger partial charge in [-0.1, -0.05) is 171 Å². The first-order valence-electron chi connectivity index (χ1n) is 28.0. The van der Waals surface area contributed by atoms with E-state index in [1.807, 2.05) is 0 Å². The van der Waals surface area contributed by atoms with E-state index in [2.05, 4.69) is 264 Å². The molecule has 3 heterocycles. The Morgan fingerprint density at radius 2 is 1.05 bits per heavy atom. The zero-order chi connectivity index (χ0) is 53.4. The number of hydrogen-bond donors (Lipinski definition) is 1. The first kappa shape index (κ1) is 48.7. The van der Waals surface area contributed by atoms with Gasteiger partial charge in [0.05, 0.1) is 0 Å². The summed E-state index contributed by atoms with van der Waals surface area (Å²) in [5.41, 5.74) is 26.9. The molecule has 5 heteroatoms. The molecule has 0 saturated carbocycles. The molecule has 382 valence electrons. The lowest BCUT2D eigenvalue weighted by molar-refractivity contribution is 0.332. The highest BCUT2D eigenvalue weighted by Crippen LogP contribution is 2.57. The molecule has 0 amide bonds. The summed E-state index contributed by atoms with van der Waals surface area (Å²) in [7, 11) is 0. The molecule has 0 bridgehead atoms. The Balaban J connectivity index is 1.12. The van der Waals surface area contributed by atoms with Crippen molar-refractivity contribution >= 4 is 79.5 Å². The summed E-state index contributed by atoms with van der Waals surface area (Å²) in [5.74, 6) is 0. The van der Waals surface area contributed by atoms with E-state index >= 15 is 0 Å². The largest absolute Gasteiger partial charge is 0.456 e. The minimum atomic E-state index is -0.248. The van der Waals surface area contributed by atoms with E-state index in [0.29, 0.717) is 0 Å². The lowest BCUT2D eigenvalue weighted by atomic mass is 9.43. The van der Waals surface area contributed by atoms with Gasteiger partial charge in [0.15, 0.2) is 0 Å². The standard InChI is InChI=1S/C71H74BN3O/c1-66(2,3)42-20-26-45(27-21-42)74(46-28-22-43(23-29-46)67(4,5)6)48-32-33-50-54-39-53-49-18-16-17-19-55(49)71(14,15)61(53)64-62(54)72(75(59(50)38-48)47-30-24-44(25-31-47)68(7,8)9)63-58(73-64)35-34-51-52-40-56-57(41-60(52)76-65(51)63)70(12,13)37-36-69(56,10)11/h16-35,38-41,73H,36-37H2,1-15H3. The van der Waals surface area contributed by atoms with Crippen LogP contribution in [0, 0.1) is 0 Å². The number of nitrogens with zero attached hydrogens (tertiary/aromatic N) is 2. The Labute approximate surface area is 452 Å². The van der Waals surface area contributed by atoms with Gasteiger partial charge in [0.25, 0.3) is 0 Å². The Bertz CT molecular complexity index is 3810. The number of nitrogens with one attached hydrogen (secondary N) is 1. The molecule has 4 nitrogen and oxygen atoms in total. The molecule has 0 spiro atoms. The van der Waals surface area contributed by atoms with Crippen molar-refractivity contribution < 1.29 is 4.42 Å². The van der Waals surface area contributed by atoms with Crippen LogP contribution in [0.15, 0.2) is 150 Å². The average molecular weight is 996 g/mol. The Kier molecular flexibility index (Phi) is 10.3. The molecule has 9 aromatic rings. The molecule has 2 aliphatic carbocycles. The first-order chi connectivity index (χ1) is 35.8. The van der Waals surface area contributed by atoms with E-state index < -0.39 is 0 Å². The lowest BCUT2D eigenvalue weighted by Crippen LogP contribution is -2.61. The predicted octanol–water partition coefficient (Wildman–Crippen LogP) is 18.6. The summed E-state index contributed by atoms with van der Waals surface area (Å²) in [4.78, 5) is 5.13. The van der Waals surface area contributed by atoms with Crippen LogP contribution < -0.4 is 26.0 Å². The Hall–Kier alpha value is -6.98. The fourth-order valence-corrected chi connectivity index (χ4v) is 13.7. The molecule has 0 fully saturated rings. The van der Waals surface area contributed by atoms with Crippen molar-refractivity contribution in [2.24, 2.45) is 0 Å². The zero-order valence-electron chi connectivity index (χ0n) is 47.7. The van der Waals surface area contributed by atoms with Crippen LogP contribution in [0.1, 0.15) is 156 Å². The minimum Gasteiger partial charge on any atom is -0.456 e. The Morgan fingerprint density at radius 1 is 0.500 bits per heavy atom. The van der Waals surface area contributed by atoms with Crippen molar-refractivity contribution in [3.05, 3.63) is 185 Å². The highest BCUT2D eigenvalue weighted by atomic mass is 16.3. The summed E-state index contributed by atoms with van der Waals surface area (Å²) >= 11 is 0. The number of rotatable bonds is 4. The predicted molar refractivity (Wildman–Crippen MR) is 326 cm³/mol. The summed E-state index contributed by atoms with van der Waals surface area (Å²) in [5, 5.41) is 6.59. The second-order valence-corrected chi connectivity index (χ2v) is 27.8. The van der Waals surface area contributed by atoms with Crippen LogP contribution in [0.2, 0.25) is 0 Å². The maximum absolute atomic E-state index is 7.48. The van der Waals surface area contributed by atoms with Crippen LogP contribution in [-0.4, -0.2) is 6.85 Å². The third kappa shape index (κ3) is 7.23.